The Morgan fingerprint density at radius 1 is 1.45 bits per heavy atom. The van der Waals surface area contributed by atoms with Gasteiger partial charge in [-0.15, -0.1) is 0 Å². The summed E-state index contributed by atoms with van der Waals surface area (Å²) in [6.07, 6.45) is 4.24. The predicted molar refractivity (Wildman–Crippen MR) is 82.9 cm³/mol. The number of hydrogen-bond acceptors (Lipinski definition) is 5. The van der Waals surface area contributed by atoms with Crippen molar-refractivity contribution in [3.63, 3.8) is 0 Å². The fourth-order valence-corrected chi connectivity index (χ4v) is 4.00. The van der Waals surface area contributed by atoms with Gasteiger partial charge >= 0.3 is 0 Å². The molecule has 1 aromatic heterocycles. The van der Waals surface area contributed by atoms with Crippen molar-refractivity contribution in [1.82, 2.24) is 10.5 Å². The summed E-state index contributed by atoms with van der Waals surface area (Å²) in [6, 6.07) is 1.65. The van der Waals surface area contributed by atoms with Gasteiger partial charge in [-0.2, -0.15) is 0 Å². The van der Waals surface area contributed by atoms with Crippen LogP contribution in [0.1, 0.15) is 51.0 Å². The fraction of sp³-hybridized carbons (Fsp3) is 0.733. The van der Waals surface area contributed by atoms with E-state index >= 15 is 0 Å². The number of nitrogens with one attached hydrogen (secondary N) is 1. The number of sulfone groups is 1. The Bertz CT molecular complexity index is 623. The molecule has 0 saturated heterocycles. The minimum Gasteiger partial charge on any atom is -0.361 e. The zero-order valence-electron chi connectivity index (χ0n) is 13.3. The van der Waals surface area contributed by atoms with Gasteiger partial charge in [-0.05, 0) is 32.6 Å². The third-order valence-electron chi connectivity index (χ3n) is 4.37. The van der Waals surface area contributed by atoms with Crippen LogP contribution in [0.5, 0.6) is 0 Å². The van der Waals surface area contributed by atoms with Gasteiger partial charge in [0.05, 0.1) is 11.4 Å². The molecule has 124 valence electrons. The maximum atomic E-state index is 12.3. The number of rotatable bonds is 5. The largest absolute Gasteiger partial charge is 0.361 e. The highest BCUT2D eigenvalue weighted by Gasteiger charge is 2.32. The van der Waals surface area contributed by atoms with Crippen LogP contribution in [0.4, 0.5) is 0 Å². The van der Waals surface area contributed by atoms with Gasteiger partial charge in [-0.3, -0.25) is 4.79 Å². The lowest BCUT2D eigenvalue weighted by Gasteiger charge is -2.30. The van der Waals surface area contributed by atoms with Gasteiger partial charge in [0.15, 0.2) is 9.84 Å². The SMILES string of the molecule is Cc1cc(CS(=O)(=O)C(C)C(=O)NC2CCCCC2C)no1. The molecule has 6 nitrogen and oxygen atoms in total. The minimum absolute atomic E-state index is 0.0770. The highest BCUT2D eigenvalue weighted by Crippen LogP contribution is 2.24. The summed E-state index contributed by atoms with van der Waals surface area (Å²) in [4.78, 5) is 12.3. The van der Waals surface area contributed by atoms with Crippen molar-refractivity contribution in [1.29, 1.82) is 0 Å². The Morgan fingerprint density at radius 3 is 2.73 bits per heavy atom. The first-order valence-corrected chi connectivity index (χ1v) is 9.45. The maximum absolute atomic E-state index is 12.3. The fourth-order valence-electron chi connectivity index (χ4n) is 2.81. The van der Waals surface area contributed by atoms with Crippen LogP contribution in [0.25, 0.3) is 0 Å². The first-order valence-electron chi connectivity index (χ1n) is 7.73. The molecule has 22 heavy (non-hydrogen) atoms. The van der Waals surface area contributed by atoms with Crippen molar-refractivity contribution in [2.45, 2.75) is 63.5 Å². The van der Waals surface area contributed by atoms with E-state index in [9.17, 15) is 13.2 Å². The molecule has 0 aliphatic heterocycles. The van der Waals surface area contributed by atoms with Gasteiger partial charge in [0, 0.05) is 12.1 Å². The summed E-state index contributed by atoms with van der Waals surface area (Å²) >= 11 is 0. The van der Waals surface area contributed by atoms with E-state index in [4.69, 9.17) is 4.52 Å². The average molecular weight is 328 g/mol. The van der Waals surface area contributed by atoms with Gasteiger partial charge in [0.25, 0.3) is 0 Å². The predicted octanol–water partition coefficient (Wildman–Crippen LogP) is 1.98. The third kappa shape index (κ3) is 4.09. The normalized spacial score (nSPS) is 24.0. The average Bonchev–Trinajstić information content (AvgIpc) is 2.85. The standard InChI is InChI=1S/C15H24N2O4S/c1-10-6-4-5-7-14(10)16-15(18)12(3)22(19,20)9-13-8-11(2)21-17-13/h8,10,12,14H,4-7,9H2,1-3H3,(H,16,18). The van der Waals surface area contributed by atoms with E-state index in [-0.39, 0.29) is 11.8 Å². The number of carbonyl (C=O) groups is 1. The monoisotopic (exact) mass is 328 g/mol. The number of nitrogens with zero attached hydrogens (tertiary/aromatic N) is 1. The second kappa shape index (κ2) is 6.81. The van der Waals surface area contributed by atoms with Crippen molar-refractivity contribution < 1.29 is 17.7 Å². The van der Waals surface area contributed by atoms with E-state index in [1.54, 1.807) is 13.0 Å². The molecule has 1 amide bonds. The van der Waals surface area contributed by atoms with Gasteiger partial charge < -0.3 is 9.84 Å². The van der Waals surface area contributed by atoms with E-state index in [1.165, 1.54) is 13.3 Å². The van der Waals surface area contributed by atoms with Crippen LogP contribution in [0.3, 0.4) is 0 Å². The Morgan fingerprint density at radius 2 is 2.14 bits per heavy atom. The lowest BCUT2D eigenvalue weighted by atomic mass is 9.86. The van der Waals surface area contributed by atoms with Gasteiger partial charge in [0.1, 0.15) is 11.0 Å². The number of aryl methyl sites for hydroxylation is 1. The number of aromatic nitrogens is 1. The lowest BCUT2D eigenvalue weighted by molar-refractivity contribution is -0.121. The maximum Gasteiger partial charge on any atom is 0.238 e. The molecule has 1 aromatic rings. The van der Waals surface area contributed by atoms with Gasteiger partial charge in [-0.25, -0.2) is 8.42 Å². The number of amides is 1. The zero-order valence-corrected chi connectivity index (χ0v) is 14.1. The Labute approximate surface area is 131 Å². The zero-order chi connectivity index (χ0) is 16.3. The van der Waals surface area contributed by atoms with Crippen molar-refractivity contribution in [2.75, 3.05) is 0 Å². The molecule has 1 saturated carbocycles. The molecule has 0 aromatic carbocycles. The molecule has 3 unspecified atom stereocenters. The van der Waals surface area contributed by atoms with E-state index in [0.29, 0.717) is 17.4 Å². The lowest BCUT2D eigenvalue weighted by Crippen LogP contribution is -2.47. The van der Waals surface area contributed by atoms with Crippen molar-refractivity contribution in [3.05, 3.63) is 17.5 Å². The van der Waals surface area contributed by atoms with Crippen LogP contribution in [0.15, 0.2) is 10.6 Å². The van der Waals surface area contributed by atoms with Crippen LogP contribution in [0, 0.1) is 12.8 Å². The molecule has 1 heterocycles. The summed E-state index contributed by atoms with van der Waals surface area (Å²) in [5, 5.41) is 5.50. The van der Waals surface area contributed by atoms with Crippen molar-refractivity contribution in [3.8, 4) is 0 Å². The van der Waals surface area contributed by atoms with E-state index in [0.717, 1.165) is 19.3 Å². The quantitative estimate of drug-likeness (QED) is 0.892. The Kier molecular flexibility index (Phi) is 5.26. The summed E-state index contributed by atoms with van der Waals surface area (Å²) in [5.41, 5.74) is 0.336. The van der Waals surface area contributed by atoms with Gasteiger partial charge in [0.2, 0.25) is 5.91 Å². The summed E-state index contributed by atoms with van der Waals surface area (Å²) in [7, 11) is -3.60. The molecule has 7 heteroatoms. The molecule has 1 N–H and O–H groups in total. The first-order chi connectivity index (χ1) is 10.3. The van der Waals surface area contributed by atoms with Crippen LogP contribution in [0.2, 0.25) is 0 Å². The van der Waals surface area contributed by atoms with Crippen LogP contribution in [-0.4, -0.2) is 30.8 Å². The minimum atomic E-state index is -3.60. The molecule has 3 atom stereocenters. The molecular formula is C15H24N2O4S. The molecule has 1 aliphatic rings. The molecule has 1 aliphatic carbocycles. The highest BCUT2D eigenvalue weighted by atomic mass is 32.2. The number of hydrogen-bond donors (Lipinski definition) is 1. The van der Waals surface area contributed by atoms with Crippen molar-refractivity contribution in [2.24, 2.45) is 5.92 Å². The molecule has 0 spiro atoms. The van der Waals surface area contributed by atoms with E-state index < -0.39 is 21.0 Å². The summed E-state index contributed by atoms with van der Waals surface area (Å²) in [6.45, 7) is 5.23. The second-order valence-corrected chi connectivity index (χ2v) is 8.58. The van der Waals surface area contributed by atoms with E-state index in [2.05, 4.69) is 17.4 Å². The number of carbonyl (C=O) groups excluding carboxylic acids is 1. The molecule has 0 radical (unpaired) electrons. The first kappa shape index (κ1) is 17.0. The molecular weight excluding hydrogens is 304 g/mol. The Balaban J connectivity index is 1.99. The molecule has 0 bridgehead atoms. The Hall–Kier alpha value is -1.37. The van der Waals surface area contributed by atoms with E-state index in [1.807, 2.05) is 0 Å². The second-order valence-electron chi connectivity index (χ2n) is 6.26. The third-order valence-corrected chi connectivity index (χ3v) is 6.36. The molecule has 1 fully saturated rings. The smallest absolute Gasteiger partial charge is 0.238 e. The molecule has 2 rings (SSSR count). The van der Waals surface area contributed by atoms with Gasteiger partial charge in [-0.1, -0.05) is 24.9 Å². The topological polar surface area (TPSA) is 89.3 Å². The van der Waals surface area contributed by atoms with Crippen LogP contribution in [-0.2, 0) is 20.4 Å². The van der Waals surface area contributed by atoms with Crippen molar-refractivity contribution >= 4 is 15.7 Å². The van der Waals surface area contributed by atoms with Crippen LogP contribution >= 0.6 is 0 Å². The highest BCUT2D eigenvalue weighted by molar-refractivity contribution is 7.92. The summed E-state index contributed by atoms with van der Waals surface area (Å²) < 4.78 is 29.5. The summed E-state index contributed by atoms with van der Waals surface area (Å²) in [5.74, 6) is 0.252. The van der Waals surface area contributed by atoms with Crippen LogP contribution < -0.4 is 5.32 Å².